The van der Waals surface area contributed by atoms with E-state index in [4.69, 9.17) is 42.9 Å². The van der Waals surface area contributed by atoms with Crippen molar-refractivity contribution in [2.45, 2.75) is 6.37 Å². The van der Waals surface area contributed by atoms with Crippen LogP contribution in [0.15, 0.2) is 36.7 Å². The highest BCUT2D eigenvalue weighted by atomic mass is 35.5. The summed E-state index contributed by atoms with van der Waals surface area (Å²) in [6.45, 7) is -5.78. The Morgan fingerprint density at radius 3 is 2.81 bits per heavy atom. The van der Waals surface area contributed by atoms with Gasteiger partial charge in [0.2, 0.25) is 0 Å². The summed E-state index contributed by atoms with van der Waals surface area (Å²) in [5.41, 5.74) is 0.701. The monoisotopic (exact) mass is 467 g/mol. The van der Waals surface area contributed by atoms with Crippen LogP contribution in [0.3, 0.4) is 0 Å². The molecular formula is C23H27ClN4O4. The normalized spacial score (nSPS) is 20.2. The van der Waals surface area contributed by atoms with Crippen LogP contribution in [0.1, 0.15) is 18.7 Å². The Kier molecular flexibility index (Phi) is 4.56. The predicted octanol–water partition coefficient (Wildman–Crippen LogP) is 4.15. The first kappa shape index (κ1) is 13.7. The third-order valence-corrected chi connectivity index (χ3v) is 4.96. The lowest BCUT2D eigenvalue weighted by Gasteiger charge is -2.26. The van der Waals surface area contributed by atoms with E-state index in [2.05, 4.69) is 15.3 Å². The number of aromatic nitrogens is 2. The second-order valence-electron chi connectivity index (χ2n) is 6.66. The van der Waals surface area contributed by atoms with Gasteiger partial charge in [0.1, 0.15) is 17.9 Å². The summed E-state index contributed by atoms with van der Waals surface area (Å²) >= 11 is 6.22. The van der Waals surface area contributed by atoms with Crippen molar-refractivity contribution >= 4 is 34.0 Å². The van der Waals surface area contributed by atoms with Gasteiger partial charge in [-0.25, -0.2) is 9.97 Å². The smallest absolute Gasteiger partial charge is 0.162 e. The zero-order valence-corrected chi connectivity index (χ0v) is 17.9. The Morgan fingerprint density at radius 1 is 1.16 bits per heavy atom. The van der Waals surface area contributed by atoms with E-state index in [0.717, 1.165) is 4.90 Å². The number of nitrogens with one attached hydrogen (secondary N) is 1. The molecule has 0 spiro atoms. The van der Waals surface area contributed by atoms with Crippen molar-refractivity contribution in [1.29, 1.82) is 0 Å². The van der Waals surface area contributed by atoms with Gasteiger partial charge in [-0.3, -0.25) is 4.90 Å². The number of methoxy groups -OCH3 is 2. The van der Waals surface area contributed by atoms with Crippen LogP contribution in [-0.2, 0) is 4.74 Å². The Balaban J connectivity index is 1.76. The van der Waals surface area contributed by atoms with Gasteiger partial charge in [0.05, 0.1) is 51.3 Å². The molecular weight excluding hydrogens is 432 g/mol. The van der Waals surface area contributed by atoms with E-state index in [1.54, 1.807) is 18.2 Å². The maximum absolute atomic E-state index is 8.47. The van der Waals surface area contributed by atoms with Crippen molar-refractivity contribution in [3.05, 3.63) is 41.7 Å². The fraction of sp³-hybridized carbons (Fsp3) is 0.391. The molecule has 1 N–H and O–H groups in total. The fourth-order valence-corrected chi connectivity index (χ4v) is 3.32. The summed E-state index contributed by atoms with van der Waals surface area (Å²) in [7, 11) is -1.51. The summed E-state index contributed by atoms with van der Waals surface area (Å²) in [5.74, 6) is -0.318. The van der Waals surface area contributed by atoms with Crippen molar-refractivity contribution in [2.75, 3.05) is 58.8 Å². The topological polar surface area (TPSA) is 78.0 Å². The molecule has 2 heterocycles. The number of fused-ring (bicyclic) bond motifs is 1. The van der Waals surface area contributed by atoms with Gasteiger partial charge in [0.25, 0.3) is 0 Å². The molecule has 170 valence electrons. The molecule has 0 atom stereocenters. The molecule has 0 radical (unpaired) electrons. The SMILES string of the molecule is [2H]C([2H])([2H])Oc1cc2ncnc(Nc3ccc(OC)c(Cl)c3)c2cc1OC([2H])([2H])C([2H])([2H])C([2H])([2H])N1CCOCC1. The lowest BCUT2D eigenvalue weighted by atomic mass is 10.2. The molecule has 9 heteroatoms. The molecule has 4 rings (SSSR count). The van der Waals surface area contributed by atoms with Crippen LogP contribution in [-0.4, -0.2) is 68.4 Å². The number of halogens is 1. The van der Waals surface area contributed by atoms with Crippen molar-refractivity contribution in [2.24, 2.45) is 0 Å². The maximum Gasteiger partial charge on any atom is 0.162 e. The lowest BCUT2D eigenvalue weighted by Crippen LogP contribution is -2.37. The van der Waals surface area contributed by atoms with Crippen LogP contribution in [0.25, 0.3) is 10.9 Å². The maximum atomic E-state index is 8.47. The van der Waals surface area contributed by atoms with Crippen LogP contribution in [0.4, 0.5) is 11.5 Å². The lowest BCUT2D eigenvalue weighted by molar-refractivity contribution is 0.0357. The Labute approximate surface area is 205 Å². The number of morpholine rings is 1. The second kappa shape index (κ2) is 10.7. The van der Waals surface area contributed by atoms with Gasteiger partial charge in [0, 0.05) is 42.2 Å². The Morgan fingerprint density at radius 2 is 2.03 bits per heavy atom. The highest BCUT2D eigenvalue weighted by molar-refractivity contribution is 6.32. The first-order valence-corrected chi connectivity index (χ1v) is 10.0. The first-order chi connectivity index (χ1) is 19.1. The Hall–Kier alpha value is -2.81. The quantitative estimate of drug-likeness (QED) is 0.503. The van der Waals surface area contributed by atoms with Gasteiger partial charge in [0.15, 0.2) is 11.5 Å². The van der Waals surface area contributed by atoms with Crippen LogP contribution in [0, 0.1) is 0 Å². The van der Waals surface area contributed by atoms with Crippen LogP contribution >= 0.6 is 11.6 Å². The first-order valence-electron chi connectivity index (χ1n) is 14.2. The van der Waals surface area contributed by atoms with Crippen LogP contribution in [0.5, 0.6) is 17.2 Å². The van der Waals surface area contributed by atoms with Gasteiger partial charge in [-0.05, 0) is 30.6 Å². The van der Waals surface area contributed by atoms with Gasteiger partial charge < -0.3 is 24.3 Å². The standard InChI is InChI=1S/C23H27ClN4O4/c1-29-20-5-4-16(12-18(20)24)27-23-17-13-22(21(30-2)14-19(17)25-15-26-23)32-9-3-6-28-7-10-31-11-8-28/h4-5,12-15H,3,6-11H2,1-2H3,(H,25,26,27)/i2D3,3D2,6D2,9D2. The molecule has 1 aliphatic rings. The highest BCUT2D eigenvalue weighted by Gasteiger charge is 2.14. The number of hydrogen-bond donors (Lipinski definition) is 1. The van der Waals surface area contributed by atoms with Gasteiger partial charge in [-0.2, -0.15) is 0 Å². The van der Waals surface area contributed by atoms with Gasteiger partial charge in [-0.1, -0.05) is 11.6 Å². The number of ether oxygens (including phenoxy) is 4. The molecule has 0 bridgehead atoms. The molecule has 32 heavy (non-hydrogen) atoms. The van der Waals surface area contributed by atoms with Crippen LogP contribution < -0.4 is 19.5 Å². The summed E-state index contributed by atoms with van der Waals surface area (Å²) in [6, 6.07) is 7.26. The van der Waals surface area contributed by atoms with Crippen LogP contribution in [0.2, 0.25) is 5.02 Å². The predicted molar refractivity (Wildman–Crippen MR) is 125 cm³/mol. The Bertz CT molecular complexity index is 1410. The molecule has 1 aromatic heterocycles. The van der Waals surface area contributed by atoms with Crippen molar-refractivity contribution < 1.29 is 31.3 Å². The van der Waals surface area contributed by atoms with E-state index in [1.807, 2.05) is 0 Å². The van der Waals surface area contributed by atoms with E-state index in [-0.39, 0.29) is 43.0 Å². The second-order valence-corrected chi connectivity index (χ2v) is 7.06. The number of rotatable bonds is 9. The fourth-order valence-electron chi connectivity index (χ4n) is 3.06. The van der Waals surface area contributed by atoms with Crippen molar-refractivity contribution in [3.63, 3.8) is 0 Å². The molecule has 3 aromatic rings. The van der Waals surface area contributed by atoms with E-state index in [1.165, 1.54) is 25.6 Å². The largest absolute Gasteiger partial charge is 0.495 e. The van der Waals surface area contributed by atoms with Gasteiger partial charge >= 0.3 is 0 Å². The van der Waals surface area contributed by atoms with E-state index in [9.17, 15) is 0 Å². The minimum atomic E-state index is -3.32. The molecule has 1 saturated heterocycles. The molecule has 0 saturated carbocycles. The number of nitrogens with zero attached hydrogens (tertiary/aromatic N) is 3. The number of hydrogen-bond acceptors (Lipinski definition) is 8. The molecule has 8 nitrogen and oxygen atoms in total. The summed E-state index contributed by atoms with van der Waals surface area (Å²) in [6.07, 6.45) is -2.04. The van der Waals surface area contributed by atoms with E-state index >= 15 is 0 Å². The summed E-state index contributed by atoms with van der Waals surface area (Å²) < 4.78 is 94.3. The average Bonchev–Trinajstić information content (AvgIpc) is 2.89. The number of benzene rings is 2. The minimum absolute atomic E-state index is 0.0354. The summed E-state index contributed by atoms with van der Waals surface area (Å²) in [5, 5.41) is 3.60. The molecule has 0 unspecified atom stereocenters. The van der Waals surface area contributed by atoms with E-state index in [0.29, 0.717) is 16.5 Å². The molecule has 0 amide bonds. The molecule has 1 aliphatic heterocycles. The van der Waals surface area contributed by atoms with E-state index < -0.39 is 38.0 Å². The molecule has 0 aliphatic carbocycles. The average molecular weight is 468 g/mol. The summed E-state index contributed by atoms with van der Waals surface area (Å²) in [4.78, 5) is 9.49. The van der Waals surface area contributed by atoms with Gasteiger partial charge in [-0.15, -0.1) is 0 Å². The third kappa shape index (κ3) is 5.32. The zero-order valence-electron chi connectivity index (χ0n) is 26.1. The van der Waals surface area contributed by atoms with Crippen molar-refractivity contribution in [3.8, 4) is 17.2 Å². The number of anilines is 2. The molecule has 2 aromatic carbocycles. The molecule has 1 fully saturated rings. The minimum Gasteiger partial charge on any atom is -0.495 e. The third-order valence-electron chi connectivity index (χ3n) is 4.66. The van der Waals surface area contributed by atoms with Crippen molar-refractivity contribution in [1.82, 2.24) is 14.9 Å². The highest BCUT2D eigenvalue weighted by Crippen LogP contribution is 2.35. The zero-order chi connectivity index (χ0) is 30.2.